The second-order valence-electron chi connectivity index (χ2n) is 7.23. The molecule has 1 N–H and O–H groups in total. The third kappa shape index (κ3) is 4.54. The Hall–Kier alpha value is -2.11. The van der Waals surface area contributed by atoms with Crippen molar-refractivity contribution in [1.82, 2.24) is 15.2 Å². The predicted molar refractivity (Wildman–Crippen MR) is 101 cm³/mol. The van der Waals surface area contributed by atoms with Crippen LogP contribution in [0.4, 0.5) is 4.39 Å². The quantitative estimate of drug-likeness (QED) is 0.838. The highest BCUT2D eigenvalue weighted by Gasteiger charge is 2.18. The van der Waals surface area contributed by atoms with Crippen molar-refractivity contribution in [3.05, 3.63) is 64.2 Å². The van der Waals surface area contributed by atoms with Gasteiger partial charge in [0.05, 0.1) is 0 Å². The minimum Gasteiger partial charge on any atom is -0.312 e. The molecule has 0 bridgehead atoms. The maximum Gasteiger partial charge on any atom is 0.168 e. The first-order valence-electron chi connectivity index (χ1n) is 9.12. The third-order valence-corrected chi connectivity index (χ3v) is 5.02. The molecule has 1 aliphatic rings. The van der Waals surface area contributed by atoms with Gasteiger partial charge in [-0.1, -0.05) is 0 Å². The van der Waals surface area contributed by atoms with Gasteiger partial charge in [0.25, 0.3) is 0 Å². The lowest BCUT2D eigenvalue weighted by molar-refractivity contribution is 0.0992. The molecule has 2 heterocycles. The van der Waals surface area contributed by atoms with Gasteiger partial charge in [-0.25, -0.2) is 4.39 Å². The van der Waals surface area contributed by atoms with Crippen LogP contribution in [-0.2, 0) is 13.0 Å². The van der Waals surface area contributed by atoms with Crippen LogP contribution in [0.1, 0.15) is 39.7 Å². The van der Waals surface area contributed by atoms with E-state index in [0.717, 1.165) is 42.0 Å². The van der Waals surface area contributed by atoms with Crippen LogP contribution in [0.25, 0.3) is 0 Å². The van der Waals surface area contributed by atoms with E-state index in [4.69, 9.17) is 0 Å². The zero-order valence-electron chi connectivity index (χ0n) is 15.7. The number of pyridine rings is 1. The molecule has 4 nitrogen and oxygen atoms in total. The van der Waals surface area contributed by atoms with Crippen LogP contribution in [0, 0.1) is 19.7 Å². The van der Waals surface area contributed by atoms with E-state index in [1.165, 1.54) is 6.07 Å². The number of rotatable bonds is 5. The fourth-order valence-corrected chi connectivity index (χ4v) is 3.45. The minimum absolute atomic E-state index is 0.0343. The van der Waals surface area contributed by atoms with Crippen molar-refractivity contribution in [3.63, 3.8) is 0 Å². The number of aromatic nitrogens is 1. The summed E-state index contributed by atoms with van der Waals surface area (Å²) in [6, 6.07) is 7.13. The maximum atomic E-state index is 14.2. The summed E-state index contributed by atoms with van der Waals surface area (Å²) in [6.07, 6.45) is 1.79. The van der Waals surface area contributed by atoms with E-state index in [1.807, 2.05) is 19.9 Å². The first kappa shape index (κ1) is 18.7. The predicted octanol–water partition coefficient (Wildman–Crippen LogP) is 3.06. The van der Waals surface area contributed by atoms with Crippen molar-refractivity contribution in [1.29, 1.82) is 0 Å². The Morgan fingerprint density at radius 1 is 1.31 bits per heavy atom. The normalized spacial score (nSPS) is 18.1. The Kier molecular flexibility index (Phi) is 5.79. The SMILES string of the molecule is Cc1ccc(C(=O)Cc2cc(F)cc(CN3CCN[C@@H](C)C3)c2C)cn1. The van der Waals surface area contributed by atoms with Crippen LogP contribution in [0.5, 0.6) is 0 Å². The van der Waals surface area contributed by atoms with Gasteiger partial charge in [-0.05, 0) is 61.7 Å². The summed E-state index contributed by atoms with van der Waals surface area (Å²) in [4.78, 5) is 19.1. The van der Waals surface area contributed by atoms with Crippen molar-refractivity contribution < 1.29 is 9.18 Å². The van der Waals surface area contributed by atoms with Gasteiger partial charge in [-0.3, -0.25) is 14.7 Å². The topological polar surface area (TPSA) is 45.2 Å². The molecule has 0 unspecified atom stereocenters. The molecule has 26 heavy (non-hydrogen) atoms. The molecule has 0 amide bonds. The first-order chi connectivity index (χ1) is 12.4. The van der Waals surface area contributed by atoms with Crippen molar-refractivity contribution >= 4 is 5.78 Å². The standard InChI is InChI=1S/C21H26FN3O/c1-14-4-5-17(11-24-14)21(26)10-18-8-20(22)9-19(16(18)3)13-25-7-6-23-15(2)12-25/h4-5,8-9,11,15,23H,6-7,10,12-13H2,1-3H3/t15-/m0/s1. The summed E-state index contributed by atoms with van der Waals surface area (Å²) in [5, 5.41) is 3.42. The van der Waals surface area contributed by atoms with Gasteiger partial charge < -0.3 is 5.32 Å². The molecular weight excluding hydrogens is 329 g/mol. The Labute approximate surface area is 154 Å². The van der Waals surface area contributed by atoms with E-state index in [9.17, 15) is 9.18 Å². The van der Waals surface area contributed by atoms with E-state index >= 15 is 0 Å². The number of piperazine rings is 1. The zero-order valence-corrected chi connectivity index (χ0v) is 15.7. The van der Waals surface area contributed by atoms with Gasteiger partial charge in [0.2, 0.25) is 0 Å². The molecule has 2 aromatic rings. The average molecular weight is 355 g/mol. The molecule has 1 atom stereocenters. The number of ketones is 1. The molecule has 1 aromatic carbocycles. The van der Waals surface area contributed by atoms with Crippen molar-refractivity contribution in [2.75, 3.05) is 19.6 Å². The Morgan fingerprint density at radius 3 is 2.77 bits per heavy atom. The summed E-state index contributed by atoms with van der Waals surface area (Å²) in [6.45, 7) is 9.57. The van der Waals surface area contributed by atoms with Gasteiger partial charge in [0, 0.05) is 56.1 Å². The lowest BCUT2D eigenvalue weighted by Crippen LogP contribution is -2.48. The molecule has 1 saturated heterocycles. The fraction of sp³-hybridized carbons (Fsp3) is 0.429. The molecule has 0 saturated carbocycles. The largest absolute Gasteiger partial charge is 0.312 e. The number of nitrogens with one attached hydrogen (secondary N) is 1. The number of nitrogens with zero attached hydrogens (tertiary/aromatic N) is 2. The van der Waals surface area contributed by atoms with E-state index in [0.29, 0.717) is 18.2 Å². The number of hydrogen-bond donors (Lipinski definition) is 1. The summed E-state index contributed by atoms with van der Waals surface area (Å²) in [7, 11) is 0. The molecule has 138 valence electrons. The van der Waals surface area contributed by atoms with Crippen LogP contribution in [0.2, 0.25) is 0 Å². The molecular formula is C21H26FN3O. The minimum atomic E-state index is -0.279. The summed E-state index contributed by atoms with van der Waals surface area (Å²) in [5.74, 6) is -0.313. The van der Waals surface area contributed by atoms with Crippen molar-refractivity contribution in [2.24, 2.45) is 0 Å². The number of Topliss-reactive ketones (excluding diaryl/α,β-unsaturated/α-hetero) is 1. The summed E-state index contributed by atoms with van der Waals surface area (Å²) in [5.41, 5.74) is 4.16. The number of hydrogen-bond acceptors (Lipinski definition) is 4. The lowest BCUT2D eigenvalue weighted by atomic mass is 9.95. The van der Waals surface area contributed by atoms with Gasteiger partial charge in [-0.15, -0.1) is 0 Å². The average Bonchev–Trinajstić information content (AvgIpc) is 2.59. The van der Waals surface area contributed by atoms with E-state index in [2.05, 4.69) is 22.1 Å². The first-order valence-corrected chi connectivity index (χ1v) is 9.12. The molecule has 1 aliphatic heterocycles. The molecule has 1 fully saturated rings. The third-order valence-electron chi connectivity index (χ3n) is 5.02. The van der Waals surface area contributed by atoms with Gasteiger partial charge in [0.15, 0.2) is 5.78 Å². The molecule has 3 rings (SSSR count). The van der Waals surface area contributed by atoms with Crippen LogP contribution in [0.15, 0.2) is 30.5 Å². The second-order valence-corrected chi connectivity index (χ2v) is 7.23. The van der Waals surface area contributed by atoms with Crippen molar-refractivity contribution in [3.8, 4) is 0 Å². The molecule has 5 heteroatoms. The molecule has 0 radical (unpaired) electrons. The van der Waals surface area contributed by atoms with Crippen LogP contribution >= 0.6 is 0 Å². The van der Waals surface area contributed by atoms with Gasteiger partial charge in [0.1, 0.15) is 5.82 Å². The highest BCUT2D eigenvalue weighted by Crippen LogP contribution is 2.21. The smallest absolute Gasteiger partial charge is 0.168 e. The number of benzene rings is 1. The highest BCUT2D eigenvalue weighted by molar-refractivity contribution is 5.97. The van der Waals surface area contributed by atoms with E-state index in [1.54, 1.807) is 18.3 Å². The number of halogens is 1. The molecule has 1 aromatic heterocycles. The number of carbonyl (C=O) groups is 1. The summed E-state index contributed by atoms with van der Waals surface area (Å²) < 4.78 is 14.2. The molecule has 0 aliphatic carbocycles. The monoisotopic (exact) mass is 355 g/mol. The van der Waals surface area contributed by atoms with E-state index < -0.39 is 0 Å². The number of carbonyl (C=O) groups excluding carboxylic acids is 1. The second kappa shape index (κ2) is 8.06. The van der Waals surface area contributed by atoms with Crippen LogP contribution in [-0.4, -0.2) is 41.3 Å². The van der Waals surface area contributed by atoms with E-state index in [-0.39, 0.29) is 18.0 Å². The Balaban J connectivity index is 1.78. The molecule has 0 spiro atoms. The Morgan fingerprint density at radius 2 is 2.08 bits per heavy atom. The summed E-state index contributed by atoms with van der Waals surface area (Å²) >= 11 is 0. The van der Waals surface area contributed by atoms with Crippen LogP contribution in [0.3, 0.4) is 0 Å². The fourth-order valence-electron chi connectivity index (χ4n) is 3.45. The highest BCUT2D eigenvalue weighted by atomic mass is 19.1. The Bertz CT molecular complexity index is 789. The van der Waals surface area contributed by atoms with Crippen LogP contribution < -0.4 is 5.32 Å². The van der Waals surface area contributed by atoms with Gasteiger partial charge in [-0.2, -0.15) is 0 Å². The van der Waals surface area contributed by atoms with Gasteiger partial charge >= 0.3 is 0 Å². The zero-order chi connectivity index (χ0) is 18.7. The maximum absolute atomic E-state index is 14.2. The lowest BCUT2D eigenvalue weighted by Gasteiger charge is -2.32. The van der Waals surface area contributed by atoms with Crippen molar-refractivity contribution in [2.45, 2.75) is 39.8 Å². The number of aryl methyl sites for hydroxylation is 1.